The van der Waals surface area contributed by atoms with Crippen molar-refractivity contribution in [1.29, 1.82) is 0 Å². The number of halogens is 1. The zero-order valence-corrected chi connectivity index (χ0v) is 19.8. The summed E-state index contributed by atoms with van der Waals surface area (Å²) in [5.74, 6) is -0.294. The van der Waals surface area contributed by atoms with Crippen LogP contribution < -0.4 is 5.32 Å². The van der Waals surface area contributed by atoms with Gasteiger partial charge in [0.1, 0.15) is 5.82 Å². The highest BCUT2D eigenvalue weighted by Crippen LogP contribution is 2.35. The van der Waals surface area contributed by atoms with E-state index in [1.54, 1.807) is 7.11 Å². The predicted molar refractivity (Wildman–Crippen MR) is 135 cm³/mol. The second kappa shape index (κ2) is 11.1. The second-order valence-electron chi connectivity index (χ2n) is 8.72. The predicted octanol–water partition coefficient (Wildman–Crippen LogP) is 5.81. The van der Waals surface area contributed by atoms with Crippen LogP contribution in [0, 0.1) is 12.7 Å². The van der Waals surface area contributed by atoms with Gasteiger partial charge in [0, 0.05) is 56.2 Å². The van der Waals surface area contributed by atoms with Crippen molar-refractivity contribution in [3.05, 3.63) is 107 Å². The summed E-state index contributed by atoms with van der Waals surface area (Å²) >= 11 is 0. The number of hydrogen-bond donors (Lipinski definition) is 1. The lowest BCUT2D eigenvalue weighted by Crippen LogP contribution is -2.27. The average Bonchev–Trinajstić information content (AvgIpc) is 3.20. The maximum Gasteiger partial charge on any atom is 0.220 e. The van der Waals surface area contributed by atoms with Gasteiger partial charge in [-0.3, -0.25) is 4.79 Å². The summed E-state index contributed by atoms with van der Waals surface area (Å²) in [6, 6.07) is 23.3. The number of aromatic nitrogens is 1. The van der Waals surface area contributed by atoms with Gasteiger partial charge in [0.05, 0.1) is 0 Å². The molecule has 1 aromatic heterocycles. The van der Waals surface area contributed by atoms with E-state index in [1.807, 2.05) is 30.3 Å². The van der Waals surface area contributed by atoms with E-state index in [1.165, 1.54) is 12.1 Å². The third kappa shape index (κ3) is 5.72. The van der Waals surface area contributed by atoms with Crippen molar-refractivity contribution in [2.75, 3.05) is 20.3 Å². The van der Waals surface area contributed by atoms with Crippen LogP contribution in [0.15, 0.2) is 79.0 Å². The molecule has 5 heteroatoms. The number of ether oxygens (including phenoxy) is 1. The van der Waals surface area contributed by atoms with Crippen LogP contribution in [0.4, 0.5) is 4.39 Å². The molecule has 0 bridgehead atoms. The van der Waals surface area contributed by atoms with Gasteiger partial charge >= 0.3 is 0 Å². The Morgan fingerprint density at radius 3 is 2.62 bits per heavy atom. The average molecular weight is 459 g/mol. The van der Waals surface area contributed by atoms with Crippen LogP contribution in [0.2, 0.25) is 0 Å². The summed E-state index contributed by atoms with van der Waals surface area (Å²) in [5.41, 5.74) is 5.53. The molecule has 176 valence electrons. The molecule has 4 aromatic rings. The fraction of sp³-hybridized carbons (Fsp3) is 0.276. The Morgan fingerprint density at radius 2 is 1.85 bits per heavy atom. The van der Waals surface area contributed by atoms with E-state index < -0.39 is 0 Å². The van der Waals surface area contributed by atoms with Crippen LogP contribution in [0.5, 0.6) is 0 Å². The van der Waals surface area contributed by atoms with Crippen molar-refractivity contribution in [1.82, 2.24) is 9.88 Å². The molecule has 1 atom stereocenters. The number of nitrogens with one attached hydrogen (secondary N) is 1. The van der Waals surface area contributed by atoms with Crippen LogP contribution in [-0.2, 0) is 16.1 Å². The first-order valence-electron chi connectivity index (χ1n) is 11.7. The Labute approximate surface area is 200 Å². The molecule has 0 unspecified atom stereocenters. The minimum Gasteiger partial charge on any atom is -0.385 e. The Hall–Kier alpha value is -3.44. The van der Waals surface area contributed by atoms with E-state index >= 15 is 0 Å². The van der Waals surface area contributed by atoms with E-state index in [0.717, 1.165) is 39.6 Å². The van der Waals surface area contributed by atoms with Gasteiger partial charge in [0.2, 0.25) is 5.91 Å². The van der Waals surface area contributed by atoms with Crippen molar-refractivity contribution < 1.29 is 13.9 Å². The third-order valence-electron chi connectivity index (χ3n) is 6.14. The van der Waals surface area contributed by atoms with E-state index in [-0.39, 0.29) is 17.6 Å². The molecular weight excluding hydrogens is 427 g/mol. The maximum atomic E-state index is 13.4. The molecular formula is C29H31FN2O2. The first-order valence-corrected chi connectivity index (χ1v) is 11.7. The molecule has 0 spiro atoms. The number of rotatable bonds is 10. The summed E-state index contributed by atoms with van der Waals surface area (Å²) in [5, 5.41) is 4.17. The topological polar surface area (TPSA) is 43.3 Å². The molecule has 1 amide bonds. The number of hydrogen-bond acceptors (Lipinski definition) is 2. The second-order valence-corrected chi connectivity index (χ2v) is 8.72. The van der Waals surface area contributed by atoms with E-state index in [9.17, 15) is 9.18 Å². The molecule has 1 heterocycles. The number of benzene rings is 3. The quantitative estimate of drug-likeness (QED) is 0.305. The molecule has 0 aliphatic carbocycles. The highest BCUT2D eigenvalue weighted by atomic mass is 19.1. The van der Waals surface area contributed by atoms with Crippen molar-refractivity contribution in [3.63, 3.8) is 0 Å². The van der Waals surface area contributed by atoms with Crippen LogP contribution in [0.1, 0.15) is 41.0 Å². The third-order valence-corrected chi connectivity index (χ3v) is 6.14. The fourth-order valence-electron chi connectivity index (χ4n) is 4.47. The van der Waals surface area contributed by atoms with E-state index in [2.05, 4.69) is 53.3 Å². The first kappa shape index (κ1) is 23.7. The standard InChI is InChI=1S/C29H31FN2O2/c1-21-7-5-8-23(17-21)26(18-29(33)31-15-6-16-34-2)27-20-32(28-10-4-3-9-25(27)28)19-22-11-13-24(30)14-12-22/h3-5,7-14,17,20,26H,6,15-16,18-19H2,1-2H3,(H,31,33)/t26-/m0/s1. The van der Waals surface area contributed by atoms with Gasteiger partial charge in [-0.2, -0.15) is 0 Å². The van der Waals surface area contributed by atoms with Gasteiger partial charge in [0.15, 0.2) is 0 Å². The van der Waals surface area contributed by atoms with Crippen molar-refractivity contribution in [3.8, 4) is 0 Å². The zero-order chi connectivity index (χ0) is 23.9. The van der Waals surface area contributed by atoms with Crippen LogP contribution in [0.25, 0.3) is 10.9 Å². The fourth-order valence-corrected chi connectivity index (χ4v) is 4.47. The first-order chi connectivity index (χ1) is 16.5. The number of aryl methyl sites for hydroxylation is 1. The van der Waals surface area contributed by atoms with Crippen LogP contribution in [0.3, 0.4) is 0 Å². The van der Waals surface area contributed by atoms with Gasteiger partial charge in [0.25, 0.3) is 0 Å². The zero-order valence-electron chi connectivity index (χ0n) is 19.8. The molecule has 0 saturated carbocycles. The molecule has 0 aliphatic rings. The largest absolute Gasteiger partial charge is 0.385 e. The Balaban J connectivity index is 1.70. The molecule has 3 aromatic carbocycles. The molecule has 0 aliphatic heterocycles. The molecule has 34 heavy (non-hydrogen) atoms. The SMILES string of the molecule is COCCCNC(=O)C[C@@H](c1cccc(C)c1)c1cn(Cc2ccc(F)cc2)c2ccccc12. The summed E-state index contributed by atoms with van der Waals surface area (Å²) in [6.45, 7) is 3.92. The van der Waals surface area contributed by atoms with Gasteiger partial charge in [-0.15, -0.1) is 0 Å². The van der Waals surface area contributed by atoms with Crippen molar-refractivity contribution in [2.24, 2.45) is 0 Å². The number of amides is 1. The number of carbonyl (C=O) groups excluding carboxylic acids is 1. The lowest BCUT2D eigenvalue weighted by atomic mass is 9.87. The van der Waals surface area contributed by atoms with Gasteiger partial charge in [-0.1, -0.05) is 60.2 Å². The minimum absolute atomic E-state index is 0.0259. The summed E-state index contributed by atoms with van der Waals surface area (Å²) in [6.07, 6.45) is 3.30. The monoisotopic (exact) mass is 458 g/mol. The number of methoxy groups -OCH3 is 1. The smallest absolute Gasteiger partial charge is 0.220 e. The lowest BCUT2D eigenvalue weighted by molar-refractivity contribution is -0.121. The molecule has 0 saturated heterocycles. The van der Waals surface area contributed by atoms with E-state index in [0.29, 0.717) is 26.1 Å². The molecule has 4 rings (SSSR count). The summed E-state index contributed by atoms with van der Waals surface area (Å²) < 4.78 is 20.7. The van der Waals surface area contributed by atoms with E-state index in [4.69, 9.17) is 4.74 Å². The molecule has 0 fully saturated rings. The molecule has 4 nitrogen and oxygen atoms in total. The molecule has 0 radical (unpaired) electrons. The Bertz CT molecular complexity index is 1250. The van der Waals surface area contributed by atoms with Crippen LogP contribution >= 0.6 is 0 Å². The number of carbonyl (C=O) groups is 1. The number of para-hydroxylation sites is 1. The Kier molecular flexibility index (Phi) is 7.76. The van der Waals surface area contributed by atoms with Crippen LogP contribution in [-0.4, -0.2) is 30.7 Å². The van der Waals surface area contributed by atoms with Gasteiger partial charge in [-0.25, -0.2) is 4.39 Å². The minimum atomic E-state index is -0.238. The maximum absolute atomic E-state index is 13.4. The summed E-state index contributed by atoms with van der Waals surface area (Å²) in [4.78, 5) is 12.9. The van der Waals surface area contributed by atoms with Crippen molar-refractivity contribution in [2.45, 2.75) is 32.2 Å². The lowest BCUT2D eigenvalue weighted by Gasteiger charge is -2.18. The normalized spacial score (nSPS) is 12.1. The molecule has 1 N–H and O–H groups in total. The number of nitrogens with zero attached hydrogens (tertiary/aromatic N) is 1. The number of fused-ring (bicyclic) bond motifs is 1. The Morgan fingerprint density at radius 1 is 1.06 bits per heavy atom. The van der Waals surface area contributed by atoms with Crippen molar-refractivity contribution >= 4 is 16.8 Å². The summed E-state index contributed by atoms with van der Waals surface area (Å²) in [7, 11) is 1.66. The highest BCUT2D eigenvalue weighted by molar-refractivity contribution is 5.86. The van der Waals surface area contributed by atoms with Gasteiger partial charge < -0.3 is 14.6 Å². The highest BCUT2D eigenvalue weighted by Gasteiger charge is 2.23. The van der Waals surface area contributed by atoms with Gasteiger partial charge in [-0.05, 0) is 48.2 Å².